The van der Waals surface area contributed by atoms with E-state index in [1.807, 2.05) is 17.0 Å². The van der Waals surface area contributed by atoms with Gasteiger partial charge in [0.1, 0.15) is 0 Å². The van der Waals surface area contributed by atoms with Gasteiger partial charge in [-0.2, -0.15) is 0 Å². The molecule has 1 atom stereocenters. The van der Waals surface area contributed by atoms with Gasteiger partial charge >= 0.3 is 0 Å². The third-order valence-electron chi connectivity index (χ3n) is 3.24. The molecule has 1 aliphatic heterocycles. The molecule has 2 N–H and O–H groups in total. The van der Waals surface area contributed by atoms with Crippen LogP contribution in [0.25, 0.3) is 0 Å². The molecule has 1 aromatic rings. The molecule has 1 saturated heterocycles. The smallest absolute Gasteiger partial charge is 0.255 e. The zero-order valence-electron chi connectivity index (χ0n) is 9.73. The molecule has 1 heterocycles. The fourth-order valence-corrected chi connectivity index (χ4v) is 2.46. The van der Waals surface area contributed by atoms with Crippen molar-refractivity contribution < 1.29 is 4.79 Å². The van der Waals surface area contributed by atoms with E-state index in [0.29, 0.717) is 23.0 Å². The summed E-state index contributed by atoms with van der Waals surface area (Å²) in [4.78, 5) is 14.1. The van der Waals surface area contributed by atoms with Gasteiger partial charge in [-0.3, -0.25) is 4.79 Å². The van der Waals surface area contributed by atoms with E-state index in [1.54, 1.807) is 12.1 Å². The summed E-state index contributed by atoms with van der Waals surface area (Å²) < 4.78 is 0. The molecule has 1 aromatic carbocycles. The van der Waals surface area contributed by atoms with Gasteiger partial charge in [-0.05, 0) is 37.4 Å². The summed E-state index contributed by atoms with van der Waals surface area (Å²) in [6.07, 6.45) is 2.14. The molecule has 0 aromatic heterocycles. The average molecular weight is 253 g/mol. The van der Waals surface area contributed by atoms with E-state index in [0.717, 1.165) is 25.9 Å². The van der Waals surface area contributed by atoms with Crippen LogP contribution >= 0.6 is 11.6 Å². The fourth-order valence-electron chi connectivity index (χ4n) is 2.25. The molecule has 2 rings (SSSR count). The highest BCUT2D eigenvalue weighted by atomic mass is 35.5. The highest BCUT2D eigenvalue weighted by Gasteiger charge is 2.24. The van der Waals surface area contributed by atoms with Gasteiger partial charge in [-0.25, -0.2) is 0 Å². The summed E-state index contributed by atoms with van der Waals surface area (Å²) in [6, 6.07) is 7.19. The van der Waals surface area contributed by atoms with E-state index in [-0.39, 0.29) is 5.91 Å². The van der Waals surface area contributed by atoms with Gasteiger partial charge in [0.15, 0.2) is 0 Å². The molecule has 92 valence electrons. The van der Waals surface area contributed by atoms with Gasteiger partial charge in [0.05, 0.1) is 10.6 Å². The Morgan fingerprint density at radius 2 is 2.24 bits per heavy atom. The lowest BCUT2D eigenvalue weighted by Crippen LogP contribution is -2.42. The van der Waals surface area contributed by atoms with Gasteiger partial charge in [0.25, 0.3) is 5.91 Å². The minimum atomic E-state index is 0.0220. The van der Waals surface area contributed by atoms with E-state index in [2.05, 4.69) is 0 Å². The Bertz CT molecular complexity index is 408. The number of hydrogen-bond donors (Lipinski definition) is 1. The topological polar surface area (TPSA) is 46.3 Å². The van der Waals surface area contributed by atoms with Crippen molar-refractivity contribution in [3.05, 3.63) is 34.9 Å². The third kappa shape index (κ3) is 2.79. The lowest BCUT2D eigenvalue weighted by molar-refractivity contribution is 0.0678. The largest absolute Gasteiger partial charge is 0.338 e. The fraction of sp³-hybridized carbons (Fsp3) is 0.462. The number of carbonyl (C=O) groups excluding carboxylic acids is 1. The zero-order chi connectivity index (χ0) is 12.3. The van der Waals surface area contributed by atoms with Crippen LogP contribution in [0.15, 0.2) is 24.3 Å². The highest BCUT2D eigenvalue weighted by Crippen LogP contribution is 2.21. The molecule has 0 saturated carbocycles. The van der Waals surface area contributed by atoms with Crippen LogP contribution in [0.4, 0.5) is 0 Å². The van der Waals surface area contributed by atoms with Crippen LogP contribution in [0.1, 0.15) is 23.2 Å². The second kappa shape index (κ2) is 5.52. The molecule has 1 fully saturated rings. The predicted octanol–water partition coefficient (Wildman–Crippen LogP) is 2.15. The second-order valence-corrected chi connectivity index (χ2v) is 4.88. The van der Waals surface area contributed by atoms with Gasteiger partial charge in [-0.1, -0.05) is 23.7 Å². The van der Waals surface area contributed by atoms with Crippen LogP contribution in [-0.2, 0) is 0 Å². The van der Waals surface area contributed by atoms with Crippen molar-refractivity contribution >= 4 is 17.5 Å². The van der Waals surface area contributed by atoms with Crippen molar-refractivity contribution in [1.82, 2.24) is 4.90 Å². The normalized spacial score (nSPS) is 20.4. The number of piperidine rings is 1. The van der Waals surface area contributed by atoms with Crippen molar-refractivity contribution in [3.63, 3.8) is 0 Å². The molecular weight excluding hydrogens is 236 g/mol. The lowest BCUT2D eigenvalue weighted by atomic mass is 9.97. The monoisotopic (exact) mass is 252 g/mol. The standard InChI is InChI=1S/C13H17ClN2O/c14-12-6-2-1-5-11(12)13(17)16-7-3-4-10(8-15)9-16/h1-2,5-6,10H,3-4,7-9,15H2/t10-/m0/s1. The predicted molar refractivity (Wildman–Crippen MR) is 69.1 cm³/mol. The number of likely N-dealkylation sites (tertiary alicyclic amines) is 1. The third-order valence-corrected chi connectivity index (χ3v) is 3.57. The Morgan fingerprint density at radius 1 is 1.47 bits per heavy atom. The second-order valence-electron chi connectivity index (χ2n) is 4.47. The zero-order valence-corrected chi connectivity index (χ0v) is 10.5. The summed E-state index contributed by atoms with van der Waals surface area (Å²) in [5.41, 5.74) is 6.26. The van der Waals surface area contributed by atoms with Crippen LogP contribution in [0, 0.1) is 5.92 Å². The van der Waals surface area contributed by atoms with E-state index in [9.17, 15) is 4.79 Å². The molecule has 1 aliphatic rings. The van der Waals surface area contributed by atoms with Crippen molar-refractivity contribution in [2.45, 2.75) is 12.8 Å². The van der Waals surface area contributed by atoms with E-state index in [4.69, 9.17) is 17.3 Å². The van der Waals surface area contributed by atoms with E-state index < -0.39 is 0 Å². The number of hydrogen-bond acceptors (Lipinski definition) is 2. The maximum absolute atomic E-state index is 12.3. The molecule has 17 heavy (non-hydrogen) atoms. The molecule has 4 heteroatoms. The number of amides is 1. The van der Waals surface area contributed by atoms with Crippen LogP contribution in [0.5, 0.6) is 0 Å². The number of nitrogens with zero attached hydrogens (tertiary/aromatic N) is 1. The van der Waals surface area contributed by atoms with Gasteiger partial charge in [0.2, 0.25) is 0 Å². The number of benzene rings is 1. The maximum atomic E-state index is 12.3. The van der Waals surface area contributed by atoms with Crippen molar-refractivity contribution in [2.75, 3.05) is 19.6 Å². The van der Waals surface area contributed by atoms with E-state index in [1.165, 1.54) is 0 Å². The van der Waals surface area contributed by atoms with Gasteiger partial charge < -0.3 is 10.6 Å². The van der Waals surface area contributed by atoms with E-state index >= 15 is 0 Å². The Kier molecular flexibility index (Phi) is 4.02. The SMILES string of the molecule is NC[C@@H]1CCCN(C(=O)c2ccccc2Cl)C1. The molecule has 3 nitrogen and oxygen atoms in total. The molecule has 0 aliphatic carbocycles. The summed E-state index contributed by atoms with van der Waals surface area (Å²) in [5.74, 6) is 0.448. The molecule has 1 amide bonds. The molecule has 0 unspecified atom stereocenters. The molecule has 0 spiro atoms. The Balaban J connectivity index is 2.12. The lowest BCUT2D eigenvalue weighted by Gasteiger charge is -2.32. The summed E-state index contributed by atoms with van der Waals surface area (Å²) >= 11 is 6.04. The summed E-state index contributed by atoms with van der Waals surface area (Å²) in [7, 11) is 0. The Labute approximate surface area is 107 Å². The van der Waals surface area contributed by atoms with Crippen molar-refractivity contribution in [2.24, 2.45) is 11.7 Å². The van der Waals surface area contributed by atoms with Crippen LogP contribution in [0.3, 0.4) is 0 Å². The quantitative estimate of drug-likeness (QED) is 0.877. The first kappa shape index (κ1) is 12.4. The average Bonchev–Trinajstić information content (AvgIpc) is 2.38. The Morgan fingerprint density at radius 3 is 2.94 bits per heavy atom. The summed E-state index contributed by atoms with van der Waals surface area (Å²) in [5, 5.41) is 0.521. The van der Waals surface area contributed by atoms with Crippen molar-refractivity contribution in [1.29, 1.82) is 0 Å². The summed E-state index contributed by atoms with van der Waals surface area (Å²) in [6.45, 7) is 2.20. The molecule has 0 bridgehead atoms. The highest BCUT2D eigenvalue weighted by molar-refractivity contribution is 6.33. The number of rotatable bonds is 2. The Hall–Kier alpha value is -1.06. The number of carbonyl (C=O) groups is 1. The first-order valence-corrected chi connectivity index (χ1v) is 6.34. The van der Waals surface area contributed by atoms with Crippen LogP contribution in [-0.4, -0.2) is 30.4 Å². The maximum Gasteiger partial charge on any atom is 0.255 e. The minimum Gasteiger partial charge on any atom is -0.338 e. The van der Waals surface area contributed by atoms with Crippen molar-refractivity contribution in [3.8, 4) is 0 Å². The minimum absolute atomic E-state index is 0.0220. The number of nitrogens with two attached hydrogens (primary N) is 1. The van der Waals surface area contributed by atoms with Gasteiger partial charge in [-0.15, -0.1) is 0 Å². The van der Waals surface area contributed by atoms with Crippen LogP contribution < -0.4 is 5.73 Å². The first-order valence-electron chi connectivity index (χ1n) is 5.96. The molecular formula is C13H17ClN2O. The number of halogens is 1. The van der Waals surface area contributed by atoms with Crippen LogP contribution in [0.2, 0.25) is 5.02 Å². The first-order chi connectivity index (χ1) is 8.22. The molecule has 0 radical (unpaired) electrons. The van der Waals surface area contributed by atoms with Gasteiger partial charge in [0, 0.05) is 13.1 Å².